The van der Waals surface area contributed by atoms with Gasteiger partial charge in [-0.2, -0.15) is 0 Å². The highest BCUT2D eigenvalue weighted by Crippen LogP contribution is 2.27. The predicted molar refractivity (Wildman–Crippen MR) is 98.0 cm³/mol. The molecule has 0 atom stereocenters. The number of fused-ring (bicyclic) bond motifs is 1. The number of hydrogen-bond acceptors (Lipinski definition) is 4. The van der Waals surface area contributed by atoms with E-state index in [-0.39, 0.29) is 5.69 Å². The summed E-state index contributed by atoms with van der Waals surface area (Å²) in [6.45, 7) is 0. The van der Waals surface area contributed by atoms with E-state index in [1.807, 2.05) is 30.4 Å². The maximum absolute atomic E-state index is 11.0. The minimum Gasteiger partial charge on any atom is -0.496 e. The molecule has 120 valence electrons. The monoisotopic (exact) mass is 384 g/mol. The zero-order valence-electron chi connectivity index (χ0n) is 12.8. The van der Waals surface area contributed by atoms with Gasteiger partial charge >= 0.3 is 0 Å². The maximum Gasteiger partial charge on any atom is 0.278 e. The molecule has 3 rings (SSSR count). The normalized spacial score (nSPS) is 11.1. The number of pyridine rings is 1. The van der Waals surface area contributed by atoms with Gasteiger partial charge in [0.25, 0.3) is 5.69 Å². The number of nitrogens with zero attached hydrogens (tertiary/aromatic N) is 2. The van der Waals surface area contributed by atoms with Crippen molar-refractivity contribution in [2.24, 2.45) is 0 Å². The smallest absolute Gasteiger partial charge is 0.278 e. The van der Waals surface area contributed by atoms with Crippen molar-refractivity contribution in [3.05, 3.63) is 74.4 Å². The lowest BCUT2D eigenvalue weighted by Crippen LogP contribution is -1.91. The van der Waals surface area contributed by atoms with E-state index < -0.39 is 4.92 Å². The van der Waals surface area contributed by atoms with Gasteiger partial charge in [-0.1, -0.05) is 18.2 Å². The number of aromatic nitrogens is 1. The molecule has 0 N–H and O–H groups in total. The topological polar surface area (TPSA) is 65.3 Å². The summed E-state index contributed by atoms with van der Waals surface area (Å²) in [6.07, 6.45) is 3.79. The zero-order valence-corrected chi connectivity index (χ0v) is 14.4. The number of halogens is 1. The lowest BCUT2D eigenvalue weighted by Gasteiger charge is -2.03. The fourth-order valence-electron chi connectivity index (χ4n) is 2.37. The van der Waals surface area contributed by atoms with Crippen molar-refractivity contribution in [3.63, 3.8) is 0 Å². The number of benzene rings is 2. The Balaban J connectivity index is 1.93. The van der Waals surface area contributed by atoms with E-state index in [0.717, 1.165) is 21.5 Å². The van der Waals surface area contributed by atoms with Gasteiger partial charge in [0.2, 0.25) is 0 Å². The molecule has 24 heavy (non-hydrogen) atoms. The number of ether oxygens (including phenoxy) is 1. The first-order valence-electron chi connectivity index (χ1n) is 7.14. The van der Waals surface area contributed by atoms with Crippen LogP contribution in [0.3, 0.4) is 0 Å². The molecule has 0 saturated heterocycles. The second-order valence-electron chi connectivity index (χ2n) is 5.06. The van der Waals surface area contributed by atoms with Crippen molar-refractivity contribution in [1.82, 2.24) is 4.98 Å². The Kier molecular flexibility index (Phi) is 4.57. The summed E-state index contributed by atoms with van der Waals surface area (Å²) in [7, 11) is 1.62. The summed E-state index contributed by atoms with van der Waals surface area (Å²) in [4.78, 5) is 15.1. The van der Waals surface area contributed by atoms with Gasteiger partial charge in [0, 0.05) is 6.07 Å². The first kappa shape index (κ1) is 16.1. The number of nitro groups is 1. The molecular weight excluding hydrogens is 372 g/mol. The molecule has 3 aromatic rings. The summed E-state index contributed by atoms with van der Waals surface area (Å²) in [5.41, 5.74) is 2.38. The lowest BCUT2D eigenvalue weighted by atomic mass is 10.1. The Labute approximate surface area is 146 Å². The summed E-state index contributed by atoms with van der Waals surface area (Å²) in [5, 5.41) is 11.6. The molecule has 0 spiro atoms. The van der Waals surface area contributed by atoms with Crippen molar-refractivity contribution in [3.8, 4) is 5.75 Å². The van der Waals surface area contributed by atoms with Crippen LogP contribution in [0.5, 0.6) is 5.75 Å². The highest BCUT2D eigenvalue weighted by atomic mass is 79.9. The highest BCUT2D eigenvalue weighted by molar-refractivity contribution is 9.10. The van der Waals surface area contributed by atoms with E-state index in [4.69, 9.17) is 4.74 Å². The Bertz CT molecular complexity index is 954. The van der Waals surface area contributed by atoms with Crippen LogP contribution in [0.2, 0.25) is 0 Å². The predicted octanol–water partition coefficient (Wildman–Crippen LogP) is 5.08. The standard InChI is InChI=1S/C18H13BrN2O3/c1-24-18-10-6-12(11-15(18)19)5-7-13-8-9-14-16(20-13)3-2-4-17(14)21(22)23/h2-11H,1H3/b7-5+. The van der Waals surface area contributed by atoms with E-state index >= 15 is 0 Å². The Morgan fingerprint density at radius 1 is 1.17 bits per heavy atom. The van der Waals surface area contributed by atoms with E-state index in [1.54, 1.807) is 31.4 Å². The van der Waals surface area contributed by atoms with Crippen LogP contribution in [0, 0.1) is 10.1 Å². The van der Waals surface area contributed by atoms with Crippen LogP contribution < -0.4 is 4.74 Å². The SMILES string of the molecule is COc1ccc(/C=C/c2ccc3c([N+](=O)[O-])cccc3n2)cc1Br. The van der Waals surface area contributed by atoms with Crippen LogP contribution in [-0.2, 0) is 0 Å². The quantitative estimate of drug-likeness (QED) is 0.464. The van der Waals surface area contributed by atoms with Crippen LogP contribution in [-0.4, -0.2) is 17.0 Å². The van der Waals surface area contributed by atoms with Gasteiger partial charge in [-0.15, -0.1) is 0 Å². The molecule has 6 heteroatoms. The minimum absolute atomic E-state index is 0.0645. The number of hydrogen-bond donors (Lipinski definition) is 0. The van der Waals surface area contributed by atoms with Gasteiger partial charge in [0.15, 0.2) is 0 Å². The van der Waals surface area contributed by atoms with Gasteiger partial charge in [-0.05, 0) is 57.9 Å². The van der Waals surface area contributed by atoms with E-state index in [2.05, 4.69) is 20.9 Å². The number of methoxy groups -OCH3 is 1. The van der Waals surface area contributed by atoms with E-state index in [0.29, 0.717) is 10.9 Å². The third-order valence-electron chi connectivity index (χ3n) is 3.55. The molecule has 0 bridgehead atoms. The van der Waals surface area contributed by atoms with Crippen molar-refractivity contribution in [2.75, 3.05) is 7.11 Å². The van der Waals surface area contributed by atoms with Gasteiger partial charge in [-0.3, -0.25) is 10.1 Å². The second-order valence-corrected chi connectivity index (χ2v) is 5.92. The molecule has 5 nitrogen and oxygen atoms in total. The molecule has 0 fully saturated rings. The second kappa shape index (κ2) is 6.80. The minimum atomic E-state index is -0.394. The molecule has 0 aliphatic heterocycles. The average Bonchev–Trinajstić information content (AvgIpc) is 2.59. The molecule has 0 aliphatic carbocycles. The first-order chi connectivity index (χ1) is 11.6. The van der Waals surface area contributed by atoms with Gasteiger partial charge < -0.3 is 4.74 Å². The van der Waals surface area contributed by atoms with Gasteiger partial charge in [0.05, 0.1) is 33.1 Å². The molecule has 0 saturated carbocycles. The maximum atomic E-state index is 11.0. The Hall–Kier alpha value is -2.73. The van der Waals surface area contributed by atoms with E-state index in [1.165, 1.54) is 6.07 Å². The summed E-state index contributed by atoms with van der Waals surface area (Å²) >= 11 is 3.45. The van der Waals surface area contributed by atoms with Crippen molar-refractivity contribution < 1.29 is 9.66 Å². The third-order valence-corrected chi connectivity index (χ3v) is 4.17. The van der Waals surface area contributed by atoms with Crippen LogP contribution >= 0.6 is 15.9 Å². The molecule has 1 heterocycles. The third kappa shape index (κ3) is 3.28. The van der Waals surface area contributed by atoms with Gasteiger partial charge in [0.1, 0.15) is 5.75 Å². The first-order valence-corrected chi connectivity index (χ1v) is 7.93. The molecule has 0 amide bonds. The van der Waals surface area contributed by atoms with Gasteiger partial charge in [-0.25, -0.2) is 4.98 Å². The van der Waals surface area contributed by atoms with E-state index in [9.17, 15) is 10.1 Å². The number of non-ortho nitro benzene ring substituents is 1. The van der Waals surface area contributed by atoms with Crippen molar-refractivity contribution >= 4 is 44.7 Å². The summed E-state index contributed by atoms with van der Waals surface area (Å²) in [5.74, 6) is 0.767. The fraction of sp³-hybridized carbons (Fsp3) is 0.0556. The largest absolute Gasteiger partial charge is 0.496 e. The molecule has 2 aromatic carbocycles. The van der Waals surface area contributed by atoms with Crippen LogP contribution in [0.25, 0.3) is 23.1 Å². The average molecular weight is 385 g/mol. The zero-order chi connectivity index (χ0) is 17.1. The molecular formula is C18H13BrN2O3. The number of rotatable bonds is 4. The lowest BCUT2D eigenvalue weighted by molar-refractivity contribution is -0.383. The summed E-state index contributed by atoms with van der Waals surface area (Å²) < 4.78 is 6.07. The number of nitro benzene ring substituents is 1. The molecule has 0 unspecified atom stereocenters. The van der Waals surface area contributed by atoms with Crippen molar-refractivity contribution in [2.45, 2.75) is 0 Å². The molecule has 0 aliphatic rings. The fourth-order valence-corrected chi connectivity index (χ4v) is 2.93. The van der Waals surface area contributed by atoms with Crippen LogP contribution in [0.15, 0.2) is 53.0 Å². The Morgan fingerprint density at radius 2 is 2.00 bits per heavy atom. The summed E-state index contributed by atoms with van der Waals surface area (Å²) in [6, 6.07) is 14.1. The van der Waals surface area contributed by atoms with Crippen LogP contribution in [0.4, 0.5) is 5.69 Å². The molecule has 1 aromatic heterocycles. The molecule has 0 radical (unpaired) electrons. The van der Waals surface area contributed by atoms with Crippen LogP contribution in [0.1, 0.15) is 11.3 Å². The highest BCUT2D eigenvalue weighted by Gasteiger charge is 2.11. The van der Waals surface area contributed by atoms with Crippen molar-refractivity contribution in [1.29, 1.82) is 0 Å². The Morgan fingerprint density at radius 3 is 2.71 bits per heavy atom.